The molecule has 0 saturated carbocycles. The van der Waals surface area contributed by atoms with Gasteiger partial charge in [-0.05, 0) is 70.1 Å². The Balaban J connectivity index is 1.24. The van der Waals surface area contributed by atoms with E-state index in [0.717, 1.165) is 63.5 Å². The van der Waals surface area contributed by atoms with Crippen LogP contribution in [0, 0.1) is 5.41 Å². The van der Waals surface area contributed by atoms with Crippen molar-refractivity contribution in [3.63, 3.8) is 0 Å². The van der Waals surface area contributed by atoms with Crippen LogP contribution in [0.15, 0.2) is 30.5 Å². The molecule has 0 bridgehead atoms. The summed E-state index contributed by atoms with van der Waals surface area (Å²) in [6.45, 7) is 10.3. The number of ether oxygens (including phenoxy) is 2. The van der Waals surface area contributed by atoms with Crippen molar-refractivity contribution in [1.82, 2.24) is 14.9 Å². The van der Waals surface area contributed by atoms with E-state index in [9.17, 15) is 9.59 Å². The summed E-state index contributed by atoms with van der Waals surface area (Å²) >= 11 is 0. The highest BCUT2D eigenvalue weighted by molar-refractivity contribution is 5.96. The van der Waals surface area contributed by atoms with Crippen molar-refractivity contribution in [2.75, 3.05) is 49.6 Å². The topological polar surface area (TPSA) is 123 Å². The molecule has 0 radical (unpaired) electrons. The van der Waals surface area contributed by atoms with Crippen LogP contribution < -0.4 is 16.0 Å². The van der Waals surface area contributed by atoms with Gasteiger partial charge in [0.25, 0.3) is 5.91 Å². The fourth-order valence-corrected chi connectivity index (χ4v) is 5.53. The maximum atomic E-state index is 12.4. The molecular weight excluding hydrogens is 484 g/mol. The number of hydrogen-bond donors (Lipinski definition) is 2. The van der Waals surface area contributed by atoms with Gasteiger partial charge in [0.15, 0.2) is 11.5 Å². The Morgan fingerprint density at radius 2 is 1.84 bits per heavy atom. The van der Waals surface area contributed by atoms with E-state index < -0.39 is 11.5 Å². The molecule has 3 aliphatic heterocycles. The lowest BCUT2D eigenvalue weighted by atomic mass is 9.78. The first kappa shape index (κ1) is 26.2. The first-order chi connectivity index (χ1) is 18.1. The third kappa shape index (κ3) is 5.85. The highest BCUT2D eigenvalue weighted by Crippen LogP contribution is 2.38. The normalized spacial score (nSPS) is 19.7. The first-order valence-electron chi connectivity index (χ1n) is 13.5. The van der Waals surface area contributed by atoms with Crippen LogP contribution in [0.4, 0.5) is 22.1 Å². The summed E-state index contributed by atoms with van der Waals surface area (Å²) in [6.07, 6.45) is 5.39. The molecule has 4 heterocycles. The van der Waals surface area contributed by atoms with E-state index in [-0.39, 0.29) is 17.2 Å². The second-order valence-electron chi connectivity index (χ2n) is 11.8. The number of amides is 2. The molecule has 5 rings (SSSR count). The molecule has 204 valence electrons. The van der Waals surface area contributed by atoms with Crippen molar-refractivity contribution in [1.29, 1.82) is 0 Å². The Kier molecular flexibility index (Phi) is 7.17. The fraction of sp³-hybridized carbons (Fsp3) is 0.571. The quantitative estimate of drug-likeness (QED) is 0.603. The number of likely N-dealkylation sites (tertiary alicyclic amines) is 1. The molecule has 1 spiro atoms. The number of anilines is 3. The van der Waals surface area contributed by atoms with Gasteiger partial charge in [-0.1, -0.05) is 12.1 Å². The van der Waals surface area contributed by atoms with Crippen LogP contribution in [-0.2, 0) is 9.47 Å². The average Bonchev–Trinajstić information content (AvgIpc) is 2.87. The highest BCUT2D eigenvalue weighted by atomic mass is 16.6. The van der Waals surface area contributed by atoms with E-state index in [1.165, 1.54) is 5.56 Å². The number of nitrogens with two attached hydrogens (primary N) is 1. The maximum absolute atomic E-state index is 12.4. The highest BCUT2D eigenvalue weighted by Gasteiger charge is 2.42. The maximum Gasteiger partial charge on any atom is 0.410 e. The Morgan fingerprint density at radius 1 is 1.13 bits per heavy atom. The predicted molar refractivity (Wildman–Crippen MR) is 145 cm³/mol. The van der Waals surface area contributed by atoms with Crippen LogP contribution >= 0.6 is 0 Å². The van der Waals surface area contributed by atoms with Crippen LogP contribution in [-0.4, -0.2) is 71.9 Å². The van der Waals surface area contributed by atoms with E-state index in [1.807, 2.05) is 32.9 Å². The van der Waals surface area contributed by atoms with Gasteiger partial charge in [0.2, 0.25) is 0 Å². The molecule has 3 saturated heterocycles. The lowest BCUT2D eigenvalue weighted by molar-refractivity contribution is -0.117. The van der Waals surface area contributed by atoms with Gasteiger partial charge in [-0.2, -0.15) is 0 Å². The average molecular weight is 523 g/mol. The molecule has 1 aromatic heterocycles. The molecule has 0 atom stereocenters. The zero-order valence-electron chi connectivity index (χ0n) is 22.5. The van der Waals surface area contributed by atoms with Crippen LogP contribution in [0.2, 0.25) is 0 Å². The van der Waals surface area contributed by atoms with Crippen molar-refractivity contribution < 1.29 is 19.1 Å². The van der Waals surface area contributed by atoms with Crippen molar-refractivity contribution in [2.24, 2.45) is 11.1 Å². The molecule has 10 nitrogen and oxygen atoms in total. The van der Waals surface area contributed by atoms with Gasteiger partial charge in [-0.15, -0.1) is 0 Å². The lowest BCUT2D eigenvalue weighted by Gasteiger charge is -2.48. The summed E-state index contributed by atoms with van der Waals surface area (Å²) < 4.78 is 11.0. The Morgan fingerprint density at radius 3 is 2.45 bits per heavy atom. The lowest BCUT2D eigenvalue weighted by Crippen LogP contribution is -2.54. The number of hydrogen-bond acceptors (Lipinski definition) is 8. The van der Waals surface area contributed by atoms with Gasteiger partial charge in [0.05, 0.1) is 19.4 Å². The number of rotatable bonds is 5. The van der Waals surface area contributed by atoms with E-state index in [1.54, 1.807) is 11.1 Å². The number of benzene rings is 1. The Labute approximate surface area is 223 Å². The third-order valence-corrected chi connectivity index (χ3v) is 7.59. The zero-order valence-corrected chi connectivity index (χ0v) is 22.5. The number of carbonyl (C=O) groups excluding carboxylic acids is 2. The van der Waals surface area contributed by atoms with Gasteiger partial charge in [0.1, 0.15) is 11.4 Å². The number of primary amides is 1. The molecule has 0 aliphatic carbocycles. The molecule has 38 heavy (non-hydrogen) atoms. The molecule has 2 amide bonds. The van der Waals surface area contributed by atoms with Crippen molar-refractivity contribution >= 4 is 29.3 Å². The number of piperidine rings is 2. The van der Waals surface area contributed by atoms with Crippen LogP contribution in [0.25, 0.3) is 0 Å². The van der Waals surface area contributed by atoms with Gasteiger partial charge in [-0.3, -0.25) is 4.79 Å². The summed E-state index contributed by atoms with van der Waals surface area (Å²) in [6, 6.07) is 8.14. The molecule has 1 aromatic carbocycles. The third-order valence-electron chi connectivity index (χ3n) is 7.59. The summed E-state index contributed by atoms with van der Waals surface area (Å²) in [4.78, 5) is 37.6. The molecular formula is C28H38N6O4. The number of aromatic nitrogens is 2. The van der Waals surface area contributed by atoms with Gasteiger partial charge in [-0.25, -0.2) is 14.8 Å². The van der Waals surface area contributed by atoms with Gasteiger partial charge >= 0.3 is 6.09 Å². The largest absolute Gasteiger partial charge is 0.444 e. The van der Waals surface area contributed by atoms with Gasteiger partial charge < -0.3 is 30.3 Å². The number of nitrogens with one attached hydrogen (secondary N) is 1. The minimum atomic E-state index is -0.623. The van der Waals surface area contributed by atoms with Crippen molar-refractivity contribution in [2.45, 2.75) is 58.0 Å². The smallest absolute Gasteiger partial charge is 0.410 e. The van der Waals surface area contributed by atoms with E-state index in [0.29, 0.717) is 24.8 Å². The second-order valence-corrected chi connectivity index (χ2v) is 11.8. The molecule has 3 aliphatic rings. The van der Waals surface area contributed by atoms with Crippen LogP contribution in [0.3, 0.4) is 0 Å². The predicted octanol–water partition coefficient (Wildman–Crippen LogP) is 4.05. The molecule has 2 aromatic rings. The molecule has 3 N–H and O–H groups in total. The number of nitrogens with zero attached hydrogens (tertiary/aromatic N) is 4. The van der Waals surface area contributed by atoms with Crippen LogP contribution in [0.5, 0.6) is 0 Å². The molecule has 10 heteroatoms. The van der Waals surface area contributed by atoms with E-state index >= 15 is 0 Å². The van der Waals surface area contributed by atoms with E-state index in [4.69, 9.17) is 20.2 Å². The second kappa shape index (κ2) is 10.4. The summed E-state index contributed by atoms with van der Waals surface area (Å²) in [5.74, 6) is 0.839. The Bertz CT molecular complexity index is 1170. The van der Waals surface area contributed by atoms with Crippen molar-refractivity contribution in [3.05, 3.63) is 41.7 Å². The van der Waals surface area contributed by atoms with Crippen LogP contribution in [0.1, 0.15) is 68.4 Å². The fourth-order valence-electron chi connectivity index (χ4n) is 5.53. The minimum Gasteiger partial charge on any atom is -0.444 e. The summed E-state index contributed by atoms with van der Waals surface area (Å²) in [5, 5.41) is 3.26. The SMILES string of the molecule is CC(C)(C)OC(=O)N1CCC(c2ccc(Nc3nc(N4CCCC5(COC5)C4)cnc3C(N)=O)cc2)CC1. The van der Waals surface area contributed by atoms with Gasteiger partial charge in [0, 0.05) is 37.3 Å². The molecule has 3 fully saturated rings. The zero-order chi connectivity index (χ0) is 26.9. The van der Waals surface area contributed by atoms with E-state index in [2.05, 4.69) is 27.3 Å². The Hall–Kier alpha value is -3.40. The summed E-state index contributed by atoms with van der Waals surface area (Å²) in [7, 11) is 0. The summed E-state index contributed by atoms with van der Waals surface area (Å²) in [5.41, 5.74) is 7.46. The standard InChI is InChI=1S/C28H38N6O4/c1-27(2,3)38-26(36)33-13-9-20(10-14-33)19-5-7-21(8-6-19)31-25-23(24(29)35)30-15-22(32-25)34-12-4-11-28(16-34)17-37-18-28/h5-8,15,20H,4,9-14,16-18H2,1-3H3,(H2,29,35)(H,31,32). The first-order valence-corrected chi connectivity index (χ1v) is 13.5. The van der Waals surface area contributed by atoms with Crippen molar-refractivity contribution in [3.8, 4) is 0 Å². The number of carbonyl (C=O) groups is 2. The monoisotopic (exact) mass is 522 g/mol. The molecule has 0 unspecified atom stereocenters. The minimum absolute atomic E-state index is 0.117.